The highest BCUT2D eigenvalue weighted by Crippen LogP contribution is 2.31. The topological polar surface area (TPSA) is 15.3 Å². The minimum atomic E-state index is 0.490. The van der Waals surface area contributed by atoms with Crippen LogP contribution in [-0.2, 0) is 0 Å². The summed E-state index contributed by atoms with van der Waals surface area (Å²) in [6, 6.07) is 0. The van der Waals surface area contributed by atoms with Gasteiger partial charge in [-0.2, -0.15) is 0 Å². The first-order valence-electron chi connectivity index (χ1n) is 8.84. The monoisotopic (exact) mass is 264 g/mol. The van der Waals surface area contributed by atoms with E-state index < -0.39 is 0 Å². The summed E-state index contributed by atoms with van der Waals surface area (Å²) in [6.45, 7) is 5.32. The Morgan fingerprint density at radius 1 is 0.895 bits per heavy atom. The maximum atomic E-state index is 3.92. The second kappa shape index (κ2) is 6.58. The summed E-state index contributed by atoms with van der Waals surface area (Å²) < 4.78 is 0. The lowest BCUT2D eigenvalue weighted by molar-refractivity contribution is 0.138. The normalized spacial score (nSPS) is 30.3. The zero-order valence-corrected chi connectivity index (χ0v) is 12.6. The molecule has 2 saturated carbocycles. The molecule has 2 aliphatic carbocycles. The third-order valence-corrected chi connectivity index (χ3v) is 5.73. The smallest absolute Gasteiger partial charge is 0.0308 e. The summed E-state index contributed by atoms with van der Waals surface area (Å²) in [4.78, 5) is 2.82. The first-order chi connectivity index (χ1) is 9.36. The maximum absolute atomic E-state index is 3.92. The minimum absolute atomic E-state index is 0.490. The molecule has 3 rings (SSSR count). The van der Waals surface area contributed by atoms with Crippen molar-refractivity contribution in [2.24, 2.45) is 5.92 Å². The predicted molar refractivity (Wildman–Crippen MR) is 81.5 cm³/mol. The van der Waals surface area contributed by atoms with Crippen molar-refractivity contribution in [2.75, 3.05) is 26.2 Å². The van der Waals surface area contributed by atoms with E-state index in [0.29, 0.717) is 5.54 Å². The van der Waals surface area contributed by atoms with E-state index in [2.05, 4.69) is 10.2 Å². The second-order valence-corrected chi connectivity index (χ2v) is 7.36. The fourth-order valence-corrected chi connectivity index (χ4v) is 4.67. The number of nitrogens with zero attached hydrogens (tertiary/aromatic N) is 1. The van der Waals surface area contributed by atoms with E-state index in [9.17, 15) is 0 Å². The lowest BCUT2D eigenvalue weighted by atomic mass is 9.81. The molecule has 0 bridgehead atoms. The summed E-state index contributed by atoms with van der Waals surface area (Å²) in [5.74, 6) is 1.01. The Bertz CT molecular complexity index is 264. The number of hydrogen-bond donors (Lipinski definition) is 1. The van der Waals surface area contributed by atoms with Gasteiger partial charge in [-0.05, 0) is 51.1 Å². The quantitative estimate of drug-likeness (QED) is 0.820. The third-order valence-electron chi connectivity index (χ3n) is 5.73. The molecule has 110 valence electrons. The summed E-state index contributed by atoms with van der Waals surface area (Å²) in [5.41, 5.74) is 0.490. The van der Waals surface area contributed by atoms with E-state index >= 15 is 0 Å². The van der Waals surface area contributed by atoms with Crippen molar-refractivity contribution in [1.82, 2.24) is 10.2 Å². The Hall–Kier alpha value is -0.0800. The van der Waals surface area contributed by atoms with E-state index in [-0.39, 0.29) is 0 Å². The van der Waals surface area contributed by atoms with E-state index in [1.54, 1.807) is 0 Å². The highest BCUT2D eigenvalue weighted by molar-refractivity contribution is 4.95. The molecule has 0 unspecified atom stereocenters. The van der Waals surface area contributed by atoms with Gasteiger partial charge in [-0.3, -0.25) is 0 Å². The van der Waals surface area contributed by atoms with Crippen LogP contribution in [0.4, 0.5) is 0 Å². The van der Waals surface area contributed by atoms with Crippen molar-refractivity contribution in [3.8, 4) is 0 Å². The average Bonchev–Trinajstić information content (AvgIpc) is 2.63. The van der Waals surface area contributed by atoms with Crippen molar-refractivity contribution in [2.45, 2.75) is 76.2 Å². The van der Waals surface area contributed by atoms with Crippen LogP contribution < -0.4 is 5.32 Å². The van der Waals surface area contributed by atoms with Crippen LogP contribution in [0.3, 0.4) is 0 Å². The molecular weight excluding hydrogens is 232 g/mol. The van der Waals surface area contributed by atoms with Gasteiger partial charge in [0.05, 0.1) is 0 Å². The van der Waals surface area contributed by atoms with Gasteiger partial charge in [-0.1, -0.05) is 38.5 Å². The summed E-state index contributed by atoms with van der Waals surface area (Å²) >= 11 is 0. The zero-order chi connectivity index (χ0) is 13.0. The van der Waals surface area contributed by atoms with Crippen molar-refractivity contribution in [3.05, 3.63) is 0 Å². The largest absolute Gasteiger partial charge is 0.310 e. The van der Waals surface area contributed by atoms with Crippen LogP contribution >= 0.6 is 0 Å². The number of hydrogen-bond acceptors (Lipinski definition) is 2. The molecule has 2 heteroatoms. The summed E-state index contributed by atoms with van der Waals surface area (Å²) in [7, 11) is 0. The molecule has 0 atom stereocenters. The van der Waals surface area contributed by atoms with E-state index in [1.165, 1.54) is 96.8 Å². The molecule has 1 spiro atoms. The lowest BCUT2D eigenvalue weighted by Gasteiger charge is -2.41. The van der Waals surface area contributed by atoms with Gasteiger partial charge < -0.3 is 10.2 Å². The Morgan fingerprint density at radius 3 is 2.42 bits per heavy atom. The molecule has 2 nitrogen and oxygen atoms in total. The SMILES string of the molecule is C1CCC(CN2CCCNC3(CCCCC3)C2)CC1. The van der Waals surface area contributed by atoms with Crippen molar-refractivity contribution >= 4 is 0 Å². The molecule has 0 aromatic rings. The van der Waals surface area contributed by atoms with Crippen LogP contribution in [0.1, 0.15) is 70.6 Å². The fourth-order valence-electron chi connectivity index (χ4n) is 4.67. The summed E-state index contributed by atoms with van der Waals surface area (Å²) in [5, 5.41) is 3.92. The van der Waals surface area contributed by atoms with Gasteiger partial charge >= 0.3 is 0 Å². The molecular formula is C17H32N2. The fraction of sp³-hybridized carbons (Fsp3) is 1.00. The van der Waals surface area contributed by atoms with Crippen LogP contribution in [-0.4, -0.2) is 36.6 Å². The molecule has 1 N–H and O–H groups in total. The molecule has 1 heterocycles. The Balaban J connectivity index is 1.57. The van der Waals surface area contributed by atoms with Gasteiger partial charge in [-0.15, -0.1) is 0 Å². The van der Waals surface area contributed by atoms with Gasteiger partial charge in [0.25, 0.3) is 0 Å². The van der Waals surface area contributed by atoms with Crippen LogP contribution in [0.5, 0.6) is 0 Å². The minimum Gasteiger partial charge on any atom is -0.310 e. The molecule has 19 heavy (non-hydrogen) atoms. The summed E-state index contributed by atoms with van der Waals surface area (Å²) in [6.07, 6.45) is 16.0. The Morgan fingerprint density at radius 2 is 1.63 bits per heavy atom. The molecule has 0 radical (unpaired) electrons. The van der Waals surface area contributed by atoms with Gasteiger partial charge in [-0.25, -0.2) is 0 Å². The van der Waals surface area contributed by atoms with Crippen molar-refractivity contribution in [3.63, 3.8) is 0 Å². The molecule has 0 aromatic heterocycles. The highest BCUT2D eigenvalue weighted by atomic mass is 15.2. The van der Waals surface area contributed by atoms with Gasteiger partial charge in [0.1, 0.15) is 0 Å². The maximum Gasteiger partial charge on any atom is 0.0308 e. The van der Waals surface area contributed by atoms with Gasteiger partial charge in [0, 0.05) is 18.6 Å². The van der Waals surface area contributed by atoms with E-state index in [4.69, 9.17) is 0 Å². The van der Waals surface area contributed by atoms with Crippen LogP contribution in [0.15, 0.2) is 0 Å². The molecule has 0 amide bonds. The first-order valence-corrected chi connectivity index (χ1v) is 8.84. The van der Waals surface area contributed by atoms with Crippen LogP contribution in [0.2, 0.25) is 0 Å². The number of nitrogens with one attached hydrogen (secondary N) is 1. The van der Waals surface area contributed by atoms with E-state index in [0.717, 1.165) is 5.92 Å². The van der Waals surface area contributed by atoms with E-state index in [1.807, 2.05) is 0 Å². The third kappa shape index (κ3) is 3.72. The predicted octanol–water partition coefficient (Wildman–Crippen LogP) is 3.56. The number of rotatable bonds is 2. The average molecular weight is 264 g/mol. The van der Waals surface area contributed by atoms with Crippen LogP contribution in [0.25, 0.3) is 0 Å². The Labute approximate surface area is 119 Å². The Kier molecular flexibility index (Phi) is 4.81. The van der Waals surface area contributed by atoms with Gasteiger partial charge in [0.2, 0.25) is 0 Å². The molecule has 0 aromatic carbocycles. The van der Waals surface area contributed by atoms with Crippen molar-refractivity contribution < 1.29 is 0 Å². The molecule has 3 fully saturated rings. The van der Waals surface area contributed by atoms with Crippen molar-refractivity contribution in [1.29, 1.82) is 0 Å². The molecule has 1 saturated heterocycles. The lowest BCUT2D eigenvalue weighted by Crippen LogP contribution is -2.53. The standard InChI is InChI=1S/C17H32N2/c1-3-8-16(9-4-1)14-19-13-7-12-18-17(15-19)10-5-2-6-11-17/h16,18H,1-15H2. The highest BCUT2D eigenvalue weighted by Gasteiger charge is 2.35. The molecule has 1 aliphatic heterocycles. The second-order valence-electron chi connectivity index (χ2n) is 7.36. The molecule has 3 aliphatic rings. The van der Waals surface area contributed by atoms with Crippen LogP contribution in [0, 0.1) is 5.92 Å². The first kappa shape index (κ1) is 13.9. The van der Waals surface area contributed by atoms with Gasteiger partial charge in [0.15, 0.2) is 0 Å². The zero-order valence-electron chi connectivity index (χ0n) is 12.6.